The minimum absolute atomic E-state index is 0.211. The summed E-state index contributed by atoms with van der Waals surface area (Å²) >= 11 is 12.2. The number of benzene rings is 2. The van der Waals surface area contributed by atoms with E-state index >= 15 is 0 Å². The fraction of sp³-hybridized carbons (Fsp3) is 0.300. The third-order valence-electron chi connectivity index (χ3n) is 5.13. The van der Waals surface area contributed by atoms with Crippen LogP contribution in [-0.4, -0.2) is 22.0 Å². The van der Waals surface area contributed by atoms with Crippen molar-refractivity contribution in [2.45, 2.75) is 31.7 Å². The summed E-state index contributed by atoms with van der Waals surface area (Å²) in [5.74, 6) is 4.60. The van der Waals surface area contributed by atoms with Crippen LogP contribution in [0, 0.1) is 5.41 Å². The molecule has 142 valence electrons. The smallest absolute Gasteiger partial charge is 0.304 e. The number of piperidine rings is 1. The highest BCUT2D eigenvalue weighted by Crippen LogP contribution is 2.49. The molecule has 0 aromatic heterocycles. The maximum absolute atomic E-state index is 13.0. The normalized spacial score (nSPS) is 25.5. The lowest BCUT2D eigenvalue weighted by atomic mass is 9.68. The number of hydrazine groups is 1. The van der Waals surface area contributed by atoms with E-state index in [9.17, 15) is 14.7 Å². The maximum Gasteiger partial charge on any atom is 0.304 e. The molecule has 2 aromatic carbocycles. The van der Waals surface area contributed by atoms with Crippen LogP contribution >= 0.6 is 23.2 Å². The molecule has 0 unspecified atom stereocenters. The fourth-order valence-electron chi connectivity index (χ4n) is 3.89. The lowest BCUT2D eigenvalue weighted by molar-refractivity contribution is -0.157. The molecule has 1 amide bonds. The van der Waals surface area contributed by atoms with Gasteiger partial charge >= 0.3 is 5.97 Å². The maximum atomic E-state index is 13.0. The molecule has 1 saturated heterocycles. The molecule has 0 bridgehead atoms. The van der Waals surface area contributed by atoms with Crippen LogP contribution in [0.1, 0.15) is 42.9 Å². The summed E-state index contributed by atoms with van der Waals surface area (Å²) in [6, 6.07) is 14.1. The van der Waals surface area contributed by atoms with Gasteiger partial charge in [0.1, 0.15) is 0 Å². The van der Waals surface area contributed by atoms with Crippen LogP contribution < -0.4 is 5.84 Å². The van der Waals surface area contributed by atoms with E-state index in [1.54, 1.807) is 25.1 Å². The number of rotatable bonds is 4. The summed E-state index contributed by atoms with van der Waals surface area (Å²) in [5.41, 5.74) is 0.635. The molecule has 1 heterocycles. The number of carboxylic acid groups (broad SMARTS) is 1. The van der Waals surface area contributed by atoms with E-state index < -0.39 is 17.4 Å². The van der Waals surface area contributed by atoms with Crippen LogP contribution in [0.3, 0.4) is 0 Å². The van der Waals surface area contributed by atoms with Gasteiger partial charge in [0.15, 0.2) is 0 Å². The Kier molecular flexibility index (Phi) is 5.47. The summed E-state index contributed by atoms with van der Waals surface area (Å²) in [5, 5.41) is 11.6. The van der Waals surface area contributed by atoms with Crippen LogP contribution in [0.15, 0.2) is 48.5 Å². The quantitative estimate of drug-likeness (QED) is 0.581. The number of aliphatic carboxylic acids is 1. The second-order valence-corrected chi connectivity index (χ2v) is 8.08. The molecule has 0 saturated carbocycles. The molecule has 0 spiro atoms. The van der Waals surface area contributed by atoms with E-state index in [1.165, 1.54) is 5.01 Å². The Morgan fingerprint density at radius 3 is 2.44 bits per heavy atom. The molecular formula is C20H20Cl2N2O3. The van der Waals surface area contributed by atoms with Crippen LogP contribution in [0.25, 0.3) is 0 Å². The summed E-state index contributed by atoms with van der Waals surface area (Å²) < 4.78 is 0. The number of carbonyl (C=O) groups excluding carboxylic acids is 1. The van der Waals surface area contributed by atoms with Gasteiger partial charge in [0.25, 0.3) is 0 Å². The van der Waals surface area contributed by atoms with Crippen molar-refractivity contribution in [1.29, 1.82) is 0 Å². The highest BCUT2D eigenvalue weighted by atomic mass is 35.5. The molecule has 1 aliphatic heterocycles. The fourth-order valence-corrected chi connectivity index (χ4v) is 4.21. The molecule has 0 radical (unpaired) electrons. The summed E-state index contributed by atoms with van der Waals surface area (Å²) in [7, 11) is 0. The van der Waals surface area contributed by atoms with Crippen LogP contribution in [0.4, 0.5) is 0 Å². The number of hydrogen-bond acceptors (Lipinski definition) is 3. The molecule has 0 aliphatic carbocycles. The first-order valence-electron chi connectivity index (χ1n) is 8.52. The second-order valence-electron chi connectivity index (χ2n) is 7.21. The Morgan fingerprint density at radius 1 is 1.19 bits per heavy atom. The number of nitrogens with zero attached hydrogens (tertiary/aromatic N) is 1. The number of amides is 1. The van der Waals surface area contributed by atoms with Gasteiger partial charge in [-0.25, -0.2) is 5.84 Å². The predicted molar refractivity (Wildman–Crippen MR) is 104 cm³/mol. The van der Waals surface area contributed by atoms with Crippen molar-refractivity contribution in [1.82, 2.24) is 5.01 Å². The molecule has 3 N–H and O–H groups in total. The highest BCUT2D eigenvalue weighted by molar-refractivity contribution is 6.30. The molecule has 2 aromatic rings. The number of carboxylic acids is 1. The molecular weight excluding hydrogens is 387 g/mol. The van der Waals surface area contributed by atoms with E-state index in [-0.39, 0.29) is 18.2 Å². The van der Waals surface area contributed by atoms with Crippen molar-refractivity contribution in [2.24, 2.45) is 11.3 Å². The van der Waals surface area contributed by atoms with Gasteiger partial charge in [0.2, 0.25) is 5.91 Å². The number of nitrogens with two attached hydrogens (primary N) is 1. The Balaban J connectivity index is 2.10. The van der Waals surface area contributed by atoms with Gasteiger partial charge in [-0.15, -0.1) is 0 Å². The second kappa shape index (κ2) is 7.50. The first-order valence-corrected chi connectivity index (χ1v) is 9.28. The Morgan fingerprint density at radius 2 is 1.85 bits per heavy atom. The van der Waals surface area contributed by atoms with Crippen LogP contribution in [-0.2, 0) is 9.59 Å². The van der Waals surface area contributed by atoms with Gasteiger partial charge in [-0.2, -0.15) is 0 Å². The third kappa shape index (κ3) is 3.95. The number of halogens is 2. The predicted octanol–water partition coefficient (Wildman–Crippen LogP) is 4.41. The van der Waals surface area contributed by atoms with E-state index in [4.69, 9.17) is 29.0 Å². The lowest BCUT2D eigenvalue weighted by Gasteiger charge is -2.46. The van der Waals surface area contributed by atoms with E-state index in [2.05, 4.69) is 0 Å². The first-order chi connectivity index (χ1) is 12.7. The Hall–Kier alpha value is -2.08. The van der Waals surface area contributed by atoms with Gasteiger partial charge < -0.3 is 5.11 Å². The minimum atomic E-state index is -1.10. The average Bonchev–Trinajstić information content (AvgIpc) is 2.60. The van der Waals surface area contributed by atoms with Crippen molar-refractivity contribution in [3.05, 3.63) is 69.7 Å². The minimum Gasteiger partial charge on any atom is -0.481 e. The Labute approximate surface area is 167 Å². The van der Waals surface area contributed by atoms with E-state index in [1.807, 2.05) is 30.3 Å². The largest absolute Gasteiger partial charge is 0.481 e. The van der Waals surface area contributed by atoms with Gasteiger partial charge in [-0.3, -0.25) is 14.6 Å². The zero-order valence-corrected chi connectivity index (χ0v) is 16.2. The molecule has 7 heteroatoms. The van der Waals surface area contributed by atoms with Gasteiger partial charge in [-0.1, -0.05) is 54.4 Å². The zero-order valence-electron chi connectivity index (χ0n) is 14.7. The van der Waals surface area contributed by atoms with Crippen molar-refractivity contribution in [2.75, 3.05) is 0 Å². The van der Waals surface area contributed by atoms with E-state index in [0.29, 0.717) is 16.5 Å². The molecule has 1 fully saturated rings. The average molecular weight is 407 g/mol. The van der Waals surface area contributed by atoms with Crippen molar-refractivity contribution >= 4 is 35.1 Å². The lowest BCUT2D eigenvalue weighted by Crippen LogP contribution is -2.55. The molecule has 3 rings (SSSR count). The molecule has 27 heavy (non-hydrogen) atoms. The standard InChI is InChI=1S/C20H20Cl2N2O3/c1-20(11-17(25)26)10-16(13-3-2-4-15(22)9-13)18(24(23)19(20)27)12-5-7-14(21)8-6-12/h2-9,16,18H,10-11,23H2,1H3,(H,25,26)/t16-,18-,20-/m1/s1. The molecule has 5 nitrogen and oxygen atoms in total. The van der Waals surface area contributed by atoms with Crippen molar-refractivity contribution in [3.63, 3.8) is 0 Å². The summed E-state index contributed by atoms with van der Waals surface area (Å²) in [4.78, 5) is 24.3. The Bertz CT molecular complexity index is 872. The van der Waals surface area contributed by atoms with Gasteiger partial charge in [0.05, 0.1) is 17.9 Å². The van der Waals surface area contributed by atoms with Gasteiger partial charge in [-0.05, 0) is 41.8 Å². The van der Waals surface area contributed by atoms with Crippen molar-refractivity contribution in [3.8, 4) is 0 Å². The van der Waals surface area contributed by atoms with E-state index in [0.717, 1.165) is 11.1 Å². The number of carbonyl (C=O) groups is 2. The monoisotopic (exact) mass is 406 g/mol. The highest BCUT2D eigenvalue weighted by Gasteiger charge is 2.49. The topological polar surface area (TPSA) is 83.6 Å². The summed E-state index contributed by atoms with van der Waals surface area (Å²) in [6.07, 6.45) is 0.0589. The van der Waals surface area contributed by atoms with Crippen LogP contribution in [0.2, 0.25) is 10.0 Å². The summed E-state index contributed by atoms with van der Waals surface area (Å²) in [6.45, 7) is 1.65. The molecule has 1 aliphatic rings. The van der Waals surface area contributed by atoms with Gasteiger partial charge in [0, 0.05) is 16.0 Å². The SMILES string of the molecule is C[C@]1(CC(=O)O)C[C@H](c2cccc(Cl)c2)[C@@H](c2ccc(Cl)cc2)N(N)C1=O. The third-order valence-corrected chi connectivity index (χ3v) is 5.62. The molecule has 3 atom stereocenters. The van der Waals surface area contributed by atoms with Crippen LogP contribution in [0.5, 0.6) is 0 Å². The van der Waals surface area contributed by atoms with Crippen molar-refractivity contribution < 1.29 is 14.7 Å². The zero-order chi connectivity index (χ0) is 19.8. The first kappa shape index (κ1) is 19.7. The number of hydrogen-bond donors (Lipinski definition) is 2.